The van der Waals surface area contributed by atoms with Crippen molar-refractivity contribution >= 4 is 51.7 Å². The Bertz CT molecular complexity index is 467. The molecule has 2 heterocycles. The minimum absolute atomic E-state index is 0.462. The Morgan fingerprint density at radius 1 is 1.50 bits per heavy atom. The Balaban J connectivity index is 2.30. The van der Waals surface area contributed by atoms with Crippen molar-refractivity contribution < 1.29 is 0 Å². The third kappa shape index (κ3) is 3.74. The Hall–Kier alpha value is 0.480. The second kappa shape index (κ2) is 6.77. The third-order valence-electron chi connectivity index (χ3n) is 2.69. The fourth-order valence-electron chi connectivity index (χ4n) is 1.87. The van der Waals surface area contributed by atoms with Crippen molar-refractivity contribution in [3.8, 4) is 0 Å². The highest BCUT2D eigenvalue weighted by Crippen LogP contribution is 2.35. The first-order chi connectivity index (χ1) is 8.58. The fraction of sp³-hybridized carbons (Fsp3) is 0.667. The molecule has 1 unspecified atom stereocenters. The number of H-pyrrole nitrogens is 1. The van der Waals surface area contributed by atoms with E-state index in [0.717, 1.165) is 22.5 Å². The number of nitrogens with one attached hydrogen (secondary N) is 1. The zero-order chi connectivity index (χ0) is 13.1. The molecule has 1 saturated heterocycles. The molecule has 0 bridgehead atoms. The maximum Gasteiger partial charge on any atom is 0.144 e. The van der Waals surface area contributed by atoms with Crippen LogP contribution in [0.15, 0.2) is 4.47 Å². The molecule has 100 valence electrons. The minimum atomic E-state index is 0.462. The van der Waals surface area contributed by atoms with Gasteiger partial charge in [0.15, 0.2) is 0 Å². The second-order valence-corrected chi connectivity index (χ2v) is 8.39. The van der Waals surface area contributed by atoms with Gasteiger partial charge in [0.1, 0.15) is 10.5 Å². The maximum atomic E-state index is 5.36. The lowest BCUT2D eigenvalue weighted by atomic mass is 10.1. The molecule has 0 radical (unpaired) electrons. The first-order valence-electron chi connectivity index (χ1n) is 6.06. The normalized spacial score (nSPS) is 20.3. The van der Waals surface area contributed by atoms with Gasteiger partial charge in [0.05, 0.1) is 9.72 Å². The number of thioether (sulfide) groups is 2. The summed E-state index contributed by atoms with van der Waals surface area (Å²) in [6, 6.07) is 0. The molecule has 1 aliphatic heterocycles. The van der Waals surface area contributed by atoms with Crippen LogP contribution < -0.4 is 0 Å². The number of aromatic amines is 1. The lowest BCUT2D eigenvalue weighted by Crippen LogP contribution is -2.12. The van der Waals surface area contributed by atoms with Crippen molar-refractivity contribution in [1.29, 1.82) is 0 Å². The topological polar surface area (TPSA) is 28.7 Å². The maximum absolute atomic E-state index is 5.36. The standard InChI is InChI=1S/C12H17BrN2S3/c1-7(2)5-8-10(13)12(16)15-11(14-8)9-6-17-3-4-18-9/h7,9H,3-6H2,1-2H3,(H,14,15,16). The van der Waals surface area contributed by atoms with E-state index in [1.165, 1.54) is 17.2 Å². The second-order valence-electron chi connectivity index (χ2n) is 4.75. The molecule has 18 heavy (non-hydrogen) atoms. The zero-order valence-corrected chi connectivity index (χ0v) is 14.6. The van der Waals surface area contributed by atoms with E-state index < -0.39 is 0 Å². The highest BCUT2D eigenvalue weighted by Gasteiger charge is 2.20. The molecule has 2 rings (SSSR count). The van der Waals surface area contributed by atoms with E-state index >= 15 is 0 Å². The Morgan fingerprint density at radius 2 is 2.28 bits per heavy atom. The van der Waals surface area contributed by atoms with Gasteiger partial charge in [-0.3, -0.25) is 0 Å². The molecule has 1 N–H and O–H groups in total. The van der Waals surface area contributed by atoms with Gasteiger partial charge in [0, 0.05) is 23.0 Å². The van der Waals surface area contributed by atoms with Crippen molar-refractivity contribution in [2.24, 2.45) is 5.92 Å². The molecule has 1 atom stereocenters. The van der Waals surface area contributed by atoms with Crippen LogP contribution in [0.5, 0.6) is 0 Å². The van der Waals surface area contributed by atoms with E-state index in [9.17, 15) is 0 Å². The van der Waals surface area contributed by atoms with E-state index in [4.69, 9.17) is 12.2 Å². The molecule has 2 nitrogen and oxygen atoms in total. The predicted molar refractivity (Wildman–Crippen MR) is 88.2 cm³/mol. The van der Waals surface area contributed by atoms with Crippen LogP contribution in [0.2, 0.25) is 0 Å². The fourth-order valence-corrected chi connectivity index (χ4v) is 5.07. The predicted octanol–water partition coefficient (Wildman–Crippen LogP) is 4.62. The molecule has 0 saturated carbocycles. The van der Waals surface area contributed by atoms with Crippen molar-refractivity contribution in [2.75, 3.05) is 17.3 Å². The number of nitrogens with zero attached hydrogens (tertiary/aromatic N) is 1. The van der Waals surface area contributed by atoms with Crippen molar-refractivity contribution in [3.05, 3.63) is 20.6 Å². The number of halogens is 1. The van der Waals surface area contributed by atoms with Crippen LogP contribution in [0.3, 0.4) is 0 Å². The van der Waals surface area contributed by atoms with Gasteiger partial charge in [-0.2, -0.15) is 11.8 Å². The zero-order valence-electron chi connectivity index (χ0n) is 10.5. The van der Waals surface area contributed by atoms with Gasteiger partial charge in [0.2, 0.25) is 0 Å². The van der Waals surface area contributed by atoms with Crippen LogP contribution in [0.25, 0.3) is 0 Å². The van der Waals surface area contributed by atoms with Gasteiger partial charge in [-0.15, -0.1) is 11.8 Å². The largest absolute Gasteiger partial charge is 0.345 e. The lowest BCUT2D eigenvalue weighted by molar-refractivity contribution is 0.627. The first kappa shape index (κ1) is 14.9. The van der Waals surface area contributed by atoms with Gasteiger partial charge in [-0.05, 0) is 28.3 Å². The van der Waals surface area contributed by atoms with E-state index in [-0.39, 0.29) is 0 Å². The summed E-state index contributed by atoms with van der Waals surface area (Å²) < 4.78 is 1.65. The van der Waals surface area contributed by atoms with E-state index in [2.05, 4.69) is 39.7 Å². The van der Waals surface area contributed by atoms with E-state index in [1.807, 2.05) is 23.5 Å². The average molecular weight is 365 g/mol. The molecular formula is C12H17BrN2S3. The van der Waals surface area contributed by atoms with Crippen LogP contribution >= 0.6 is 51.7 Å². The van der Waals surface area contributed by atoms with Crippen LogP contribution in [0.4, 0.5) is 0 Å². The molecule has 0 spiro atoms. The van der Waals surface area contributed by atoms with Gasteiger partial charge in [-0.1, -0.05) is 26.1 Å². The molecule has 0 aromatic carbocycles. The van der Waals surface area contributed by atoms with Gasteiger partial charge >= 0.3 is 0 Å². The van der Waals surface area contributed by atoms with Crippen molar-refractivity contribution in [2.45, 2.75) is 25.5 Å². The van der Waals surface area contributed by atoms with Crippen molar-refractivity contribution in [3.63, 3.8) is 0 Å². The quantitative estimate of drug-likeness (QED) is 0.792. The van der Waals surface area contributed by atoms with Crippen molar-refractivity contribution in [1.82, 2.24) is 9.97 Å². The summed E-state index contributed by atoms with van der Waals surface area (Å²) in [6.45, 7) is 4.43. The first-order valence-corrected chi connectivity index (χ1v) is 9.46. The van der Waals surface area contributed by atoms with Crippen LogP contribution in [0.1, 0.15) is 30.6 Å². The third-order valence-corrected chi connectivity index (χ3v) is 6.86. The molecule has 1 aromatic rings. The van der Waals surface area contributed by atoms with Gasteiger partial charge < -0.3 is 4.98 Å². The molecule has 0 amide bonds. The molecule has 0 aliphatic carbocycles. The summed E-state index contributed by atoms with van der Waals surface area (Å²) in [5.41, 5.74) is 1.19. The molecule has 1 fully saturated rings. The van der Waals surface area contributed by atoms with Gasteiger partial charge in [-0.25, -0.2) is 4.98 Å². The molecule has 1 aromatic heterocycles. The van der Waals surface area contributed by atoms with Gasteiger partial charge in [0.25, 0.3) is 0 Å². The smallest absolute Gasteiger partial charge is 0.144 e. The highest BCUT2D eigenvalue weighted by molar-refractivity contribution is 9.10. The summed E-state index contributed by atoms with van der Waals surface area (Å²) in [6.07, 6.45) is 1.00. The number of aromatic nitrogens is 2. The molecule has 6 heteroatoms. The van der Waals surface area contributed by atoms with Crippen LogP contribution in [-0.2, 0) is 6.42 Å². The summed E-state index contributed by atoms with van der Waals surface area (Å²) >= 11 is 12.9. The molecular weight excluding hydrogens is 348 g/mol. The average Bonchev–Trinajstić information content (AvgIpc) is 2.35. The number of hydrogen-bond acceptors (Lipinski definition) is 4. The summed E-state index contributed by atoms with van der Waals surface area (Å²) in [5, 5.41) is 0.462. The summed E-state index contributed by atoms with van der Waals surface area (Å²) in [5.74, 6) is 5.24. The minimum Gasteiger partial charge on any atom is -0.345 e. The van der Waals surface area contributed by atoms with Crippen LogP contribution in [0, 0.1) is 10.6 Å². The highest BCUT2D eigenvalue weighted by atomic mass is 79.9. The monoisotopic (exact) mass is 364 g/mol. The summed E-state index contributed by atoms with van der Waals surface area (Å²) in [4.78, 5) is 8.04. The Kier molecular flexibility index (Phi) is 5.60. The SMILES string of the molecule is CC(C)Cc1[nH]c(C2CSCCS2)nc(=S)c1Br. The summed E-state index contributed by atoms with van der Waals surface area (Å²) in [7, 11) is 0. The van der Waals surface area contributed by atoms with E-state index in [1.54, 1.807) is 0 Å². The van der Waals surface area contributed by atoms with E-state index in [0.29, 0.717) is 15.8 Å². The molecule has 1 aliphatic rings. The number of rotatable bonds is 3. The Labute approximate surface area is 130 Å². The number of hydrogen-bond donors (Lipinski definition) is 1. The lowest BCUT2D eigenvalue weighted by Gasteiger charge is -2.21. The Morgan fingerprint density at radius 3 is 2.89 bits per heavy atom. The van der Waals surface area contributed by atoms with Crippen LogP contribution in [-0.4, -0.2) is 27.2 Å².